The number of carbonyl (C=O) groups is 2. The van der Waals surface area contributed by atoms with Crippen molar-refractivity contribution in [2.75, 3.05) is 0 Å². The van der Waals surface area contributed by atoms with Crippen LogP contribution >= 0.6 is 0 Å². The summed E-state index contributed by atoms with van der Waals surface area (Å²) in [5.41, 5.74) is 0.319. The molecular weight excluding hydrogens is 324 g/mol. The molecule has 0 heterocycles. The van der Waals surface area contributed by atoms with Crippen LogP contribution in [-0.2, 0) is 27.8 Å². The van der Waals surface area contributed by atoms with Crippen molar-refractivity contribution in [2.45, 2.75) is 0 Å². The van der Waals surface area contributed by atoms with E-state index in [1.807, 2.05) is 0 Å². The van der Waals surface area contributed by atoms with Crippen LogP contribution in [0, 0.1) is 0 Å². The molecule has 5 heteroatoms. The Balaban J connectivity index is 2.76. The van der Waals surface area contributed by atoms with Crippen LogP contribution in [0.3, 0.4) is 0 Å². The summed E-state index contributed by atoms with van der Waals surface area (Å²) in [4.78, 5) is 21.6. The molecule has 0 aliphatic heterocycles. The SMILES string of the molecule is [NH2][Ir][NH]C1=CC(=O)C=CC1=O. The van der Waals surface area contributed by atoms with E-state index in [-0.39, 0.29) is 11.6 Å². The molecule has 0 aromatic rings. The molecule has 0 unspecified atom stereocenters. The van der Waals surface area contributed by atoms with E-state index < -0.39 is 18.2 Å². The van der Waals surface area contributed by atoms with Gasteiger partial charge in [-0.05, 0) is 0 Å². The van der Waals surface area contributed by atoms with E-state index in [0.29, 0.717) is 5.70 Å². The molecule has 1 aliphatic rings. The van der Waals surface area contributed by atoms with Crippen LogP contribution in [0.1, 0.15) is 0 Å². The second-order valence-electron chi connectivity index (χ2n) is 1.84. The summed E-state index contributed by atoms with van der Waals surface area (Å²) in [7, 11) is 0. The first-order valence-corrected chi connectivity index (χ1v) is 5.34. The molecule has 0 saturated heterocycles. The minimum atomic E-state index is -0.804. The minimum absolute atomic E-state index is 0.174. The number of allylic oxidation sites excluding steroid dienone is 3. The predicted octanol–water partition coefficient (Wildman–Crippen LogP) is -0.961. The molecule has 11 heavy (non-hydrogen) atoms. The molecule has 3 N–H and O–H groups in total. The predicted molar refractivity (Wildman–Crippen MR) is 34.6 cm³/mol. The van der Waals surface area contributed by atoms with Crippen LogP contribution in [0.5, 0.6) is 0 Å². The molecule has 4 nitrogen and oxygen atoms in total. The normalized spacial score (nSPS) is 17.0. The van der Waals surface area contributed by atoms with Gasteiger partial charge in [0.15, 0.2) is 0 Å². The summed E-state index contributed by atoms with van der Waals surface area (Å²) in [5, 5.41) is 0. The molecule has 61 valence electrons. The summed E-state index contributed by atoms with van der Waals surface area (Å²) < 4.78 is 7.96. The van der Waals surface area contributed by atoms with Gasteiger partial charge in [-0.3, -0.25) is 0 Å². The van der Waals surface area contributed by atoms with Crippen molar-refractivity contribution in [1.29, 1.82) is 0 Å². The van der Waals surface area contributed by atoms with Crippen LogP contribution in [0.15, 0.2) is 23.9 Å². The second kappa shape index (κ2) is 3.57. The Labute approximate surface area is 72.0 Å². The van der Waals surface area contributed by atoms with E-state index >= 15 is 0 Å². The number of rotatable bonds is 2. The van der Waals surface area contributed by atoms with Gasteiger partial charge in [0.1, 0.15) is 0 Å². The molecule has 0 spiro atoms. The first-order chi connectivity index (χ1) is 5.24. The topological polar surface area (TPSA) is 72.2 Å². The van der Waals surface area contributed by atoms with Crippen LogP contribution in [-0.4, -0.2) is 11.6 Å². The van der Waals surface area contributed by atoms with Crippen molar-refractivity contribution in [3.05, 3.63) is 23.9 Å². The Morgan fingerprint density at radius 2 is 2.09 bits per heavy atom. The summed E-state index contributed by atoms with van der Waals surface area (Å²) >= 11 is -0.804. The van der Waals surface area contributed by atoms with Crippen molar-refractivity contribution in [2.24, 2.45) is 4.40 Å². The Bertz CT molecular complexity index is 257. The first-order valence-electron chi connectivity index (χ1n) is 2.76. The summed E-state index contributed by atoms with van der Waals surface area (Å²) in [5.74, 6) is -0.356. The Morgan fingerprint density at radius 3 is 2.73 bits per heavy atom. The zero-order valence-corrected chi connectivity index (χ0v) is 7.85. The van der Waals surface area contributed by atoms with Crippen LogP contribution in [0.2, 0.25) is 0 Å². The van der Waals surface area contributed by atoms with Gasteiger partial charge in [0, 0.05) is 0 Å². The maximum absolute atomic E-state index is 10.9. The number of carbonyl (C=O) groups excluding carboxylic acids is 2. The molecule has 0 fully saturated rings. The van der Waals surface area contributed by atoms with Crippen molar-refractivity contribution in [3.63, 3.8) is 0 Å². The molecule has 0 aromatic heterocycles. The average molecular weight is 330 g/mol. The third-order valence-electron chi connectivity index (χ3n) is 1.09. The van der Waals surface area contributed by atoms with Gasteiger partial charge in [-0.2, -0.15) is 0 Å². The van der Waals surface area contributed by atoms with E-state index in [9.17, 15) is 9.59 Å². The van der Waals surface area contributed by atoms with Gasteiger partial charge in [-0.25, -0.2) is 0 Å². The quantitative estimate of drug-likeness (QED) is 0.640. The van der Waals surface area contributed by atoms with E-state index in [1.54, 1.807) is 0 Å². The molecule has 0 aromatic carbocycles. The summed E-state index contributed by atoms with van der Waals surface area (Å²) in [6.07, 6.45) is 3.75. The molecule has 0 radical (unpaired) electrons. The van der Waals surface area contributed by atoms with Gasteiger partial charge in [0.05, 0.1) is 0 Å². The van der Waals surface area contributed by atoms with Crippen LogP contribution < -0.4 is 8.39 Å². The number of hydrogen-bond acceptors (Lipinski definition) is 4. The van der Waals surface area contributed by atoms with Gasteiger partial charge in [0.25, 0.3) is 0 Å². The fourth-order valence-electron chi connectivity index (χ4n) is 0.626. The fraction of sp³-hybridized carbons (Fsp3) is 0. The second-order valence-corrected chi connectivity index (χ2v) is 3.13. The summed E-state index contributed by atoms with van der Waals surface area (Å²) in [6.45, 7) is 0. The van der Waals surface area contributed by atoms with Crippen molar-refractivity contribution < 1.29 is 27.8 Å². The van der Waals surface area contributed by atoms with Gasteiger partial charge in [-0.1, -0.05) is 0 Å². The Kier molecular flexibility index (Phi) is 2.70. The van der Waals surface area contributed by atoms with Crippen molar-refractivity contribution in [1.82, 2.24) is 3.99 Å². The molecular formula is C6H6IrN2O2. The standard InChI is InChI=1S/C6H5NO2.Ir.H2N/c7-5-3-4(8)1-2-6(5)9;;/h1-3H,(H2,7,8);;1H2/q;+2;-1/p-1. The number of nitrogens with one attached hydrogen (secondary N) is 1. The third kappa shape index (κ3) is 2.08. The number of nitrogens with two attached hydrogens (primary N) is 1. The van der Waals surface area contributed by atoms with Gasteiger partial charge in [-0.15, -0.1) is 0 Å². The van der Waals surface area contributed by atoms with Crippen molar-refractivity contribution in [3.8, 4) is 0 Å². The van der Waals surface area contributed by atoms with Gasteiger partial charge in [0.2, 0.25) is 0 Å². The molecule has 1 rings (SSSR count). The Morgan fingerprint density at radius 1 is 1.36 bits per heavy atom. The third-order valence-corrected chi connectivity index (χ3v) is 2.08. The zero-order valence-electron chi connectivity index (χ0n) is 5.46. The van der Waals surface area contributed by atoms with E-state index in [1.165, 1.54) is 18.2 Å². The Hall–Kier alpha value is -0.771. The van der Waals surface area contributed by atoms with Crippen LogP contribution in [0.25, 0.3) is 0 Å². The monoisotopic (exact) mass is 331 g/mol. The molecule has 0 amide bonds. The van der Waals surface area contributed by atoms with Crippen LogP contribution in [0.4, 0.5) is 0 Å². The van der Waals surface area contributed by atoms with Gasteiger partial charge >= 0.3 is 71.7 Å². The van der Waals surface area contributed by atoms with Crippen molar-refractivity contribution >= 4 is 11.6 Å². The van der Waals surface area contributed by atoms with E-state index in [4.69, 9.17) is 4.40 Å². The summed E-state index contributed by atoms with van der Waals surface area (Å²) in [6, 6.07) is 0. The molecule has 1 aliphatic carbocycles. The van der Waals surface area contributed by atoms with Gasteiger partial charge < -0.3 is 0 Å². The molecule has 0 bridgehead atoms. The maximum atomic E-state index is 10.9. The number of hydrogen-bond donors (Lipinski definition) is 2. The zero-order chi connectivity index (χ0) is 8.27. The van der Waals surface area contributed by atoms with E-state index in [0.717, 1.165) is 0 Å². The fourth-order valence-corrected chi connectivity index (χ4v) is 1.47. The average Bonchev–Trinajstić information content (AvgIpc) is 1.98. The van der Waals surface area contributed by atoms with E-state index in [2.05, 4.69) is 3.99 Å². The first kappa shape index (κ1) is 8.33. The molecule has 0 saturated carbocycles. The molecule has 0 atom stereocenters. The number of ketones is 2.